The van der Waals surface area contributed by atoms with E-state index in [9.17, 15) is 67.1 Å². The number of methoxy groups -OCH3 is 1. The Morgan fingerprint density at radius 2 is 1.10 bits per heavy atom. The fourth-order valence-electron chi connectivity index (χ4n) is 4.70. The number of ether oxygens (including phenoxy) is 1. The number of carbonyl (C=O) groups excluding carboxylic acids is 1. The Labute approximate surface area is 474 Å². The molecule has 0 fully saturated rings. The molecular formula is C39H34BBr4F12N8NaO5PS2. The maximum Gasteiger partial charge on any atom is 1.00 e. The first-order chi connectivity index (χ1) is 32.8. The third-order valence-corrected chi connectivity index (χ3v) is 9.11. The van der Waals surface area contributed by atoms with E-state index in [1.165, 1.54) is 54.6 Å². The normalized spacial score (nSPS) is 10.8. The summed E-state index contributed by atoms with van der Waals surface area (Å²) in [5, 5.41) is 8.99. The molecule has 0 aliphatic heterocycles. The molecule has 6 rings (SSSR count). The maximum absolute atomic E-state index is 12.8. The zero-order valence-corrected chi connectivity index (χ0v) is 48.3. The Bertz CT molecular complexity index is 2720. The SMILES string of the molecule is BrP(Br)Br.COC(=O)c1cccnc1C(F)(F)F.Cc1cc(=O)[nH]c(=S)[nH]1.Cc1cc(=O)[nH]c(SCc2cccnc2C(F)(F)F)n1.FC(F)(F)c1ncccc1CBr.OCc1cccnc1C(F)(F)F.[B].[H-].[Na+]. The van der Waals surface area contributed by atoms with E-state index in [0.717, 1.165) is 55.4 Å². The number of aromatic nitrogens is 8. The average molecular weight is 1370 g/mol. The van der Waals surface area contributed by atoms with E-state index in [1.807, 2.05) is 0 Å². The van der Waals surface area contributed by atoms with Crippen LogP contribution >= 0.6 is 90.4 Å². The van der Waals surface area contributed by atoms with Crippen molar-refractivity contribution >= 4 is 105 Å². The van der Waals surface area contributed by atoms with Gasteiger partial charge in [-0.05, 0) is 114 Å². The molecule has 393 valence electrons. The zero-order chi connectivity index (χ0) is 54.3. The van der Waals surface area contributed by atoms with E-state index in [1.54, 1.807) is 13.8 Å². The van der Waals surface area contributed by atoms with Gasteiger partial charge in [0.05, 0.1) is 19.3 Å². The van der Waals surface area contributed by atoms with Crippen molar-refractivity contribution in [1.29, 1.82) is 0 Å². The van der Waals surface area contributed by atoms with Gasteiger partial charge in [0, 0.05) is 73.4 Å². The Hall–Kier alpha value is -3.07. The molecule has 0 saturated carbocycles. The van der Waals surface area contributed by atoms with Crippen LogP contribution in [0, 0.1) is 18.6 Å². The minimum absolute atomic E-state index is 0. The number of nitrogens with one attached hydrogen (secondary N) is 3. The van der Waals surface area contributed by atoms with Crippen molar-refractivity contribution < 1.29 is 98.3 Å². The van der Waals surface area contributed by atoms with Crippen LogP contribution in [0.25, 0.3) is 0 Å². The maximum atomic E-state index is 12.8. The third kappa shape index (κ3) is 28.6. The van der Waals surface area contributed by atoms with Gasteiger partial charge in [0.1, 0.15) is 21.1 Å². The molecule has 0 unspecified atom stereocenters. The van der Waals surface area contributed by atoms with Crippen molar-refractivity contribution in [2.75, 3.05) is 7.11 Å². The summed E-state index contributed by atoms with van der Waals surface area (Å²) in [6, 6.07) is 13.2. The second kappa shape index (κ2) is 34.6. The molecule has 73 heavy (non-hydrogen) atoms. The van der Waals surface area contributed by atoms with Crippen LogP contribution in [-0.4, -0.2) is 66.5 Å². The summed E-state index contributed by atoms with van der Waals surface area (Å²) in [5.74, 6) is -1.03. The fourth-order valence-corrected chi connectivity index (χ4v) is 6.32. The van der Waals surface area contributed by atoms with Gasteiger partial charge in [0.2, 0.25) is 0 Å². The molecule has 3 radical (unpaired) electrons. The van der Waals surface area contributed by atoms with E-state index in [2.05, 4.69) is 119 Å². The van der Waals surface area contributed by atoms with Gasteiger partial charge in [-0.15, -0.1) is 0 Å². The number of thioether (sulfide) groups is 1. The van der Waals surface area contributed by atoms with Crippen molar-refractivity contribution in [3.05, 3.63) is 167 Å². The van der Waals surface area contributed by atoms with Crippen LogP contribution < -0.4 is 40.7 Å². The second-order valence-corrected chi connectivity index (χ2v) is 29.9. The van der Waals surface area contributed by atoms with Crippen LogP contribution in [0.2, 0.25) is 0 Å². The average Bonchev–Trinajstić information content (AvgIpc) is 3.27. The first kappa shape index (κ1) is 72.0. The number of halogens is 16. The molecule has 6 heterocycles. The molecule has 0 bridgehead atoms. The quantitative estimate of drug-likeness (QED) is 0.0181. The fraction of sp³-hybridized carbons (Fsp3) is 0.256. The van der Waals surface area contributed by atoms with Crippen molar-refractivity contribution in [3.63, 3.8) is 0 Å². The Kier molecular flexibility index (Phi) is 34.1. The summed E-state index contributed by atoms with van der Waals surface area (Å²) in [4.78, 5) is 57.3. The van der Waals surface area contributed by atoms with Crippen molar-refractivity contribution in [1.82, 2.24) is 39.9 Å². The summed E-state index contributed by atoms with van der Waals surface area (Å²) in [6.45, 7) is 2.78. The summed E-state index contributed by atoms with van der Waals surface area (Å²) >= 11 is 18.2. The smallest absolute Gasteiger partial charge is 1.00 e. The summed E-state index contributed by atoms with van der Waals surface area (Å²) in [7, 11) is 1.01. The van der Waals surface area contributed by atoms with Crippen LogP contribution in [0.4, 0.5) is 52.7 Å². The van der Waals surface area contributed by atoms with Crippen molar-refractivity contribution in [2.24, 2.45) is 0 Å². The summed E-state index contributed by atoms with van der Waals surface area (Å²) < 4.78 is 152. The van der Waals surface area contributed by atoms with E-state index >= 15 is 0 Å². The number of nitrogens with zero attached hydrogens (tertiary/aromatic N) is 5. The molecule has 0 aliphatic rings. The topological polar surface area (TPSA) is 192 Å². The van der Waals surface area contributed by atoms with E-state index in [-0.39, 0.29) is 87.5 Å². The van der Waals surface area contributed by atoms with E-state index in [0.29, 0.717) is 10.5 Å². The predicted octanol–water partition coefficient (Wildman–Crippen LogP) is 10.1. The van der Waals surface area contributed by atoms with E-state index in [4.69, 9.17) is 5.11 Å². The summed E-state index contributed by atoms with van der Waals surface area (Å²) in [6.07, 6.45) is -13.7. The first-order valence-corrected chi connectivity index (χ1v) is 28.4. The Balaban J connectivity index is -0.000000845. The van der Waals surface area contributed by atoms with Crippen LogP contribution in [0.3, 0.4) is 0 Å². The van der Waals surface area contributed by atoms with Crippen LogP contribution in [0.1, 0.15) is 62.6 Å². The number of pyridine rings is 4. The molecule has 0 amide bonds. The van der Waals surface area contributed by atoms with Gasteiger partial charge in [0.25, 0.3) is 11.1 Å². The monoisotopic (exact) mass is 1370 g/mol. The molecule has 0 saturated heterocycles. The number of aliphatic hydroxyl groups is 1. The summed E-state index contributed by atoms with van der Waals surface area (Å²) in [5.41, 5.74) is -3.75. The number of hydrogen-bond donors (Lipinski definition) is 4. The zero-order valence-electron chi connectivity index (χ0n) is 38.4. The predicted molar refractivity (Wildman–Crippen MR) is 264 cm³/mol. The van der Waals surface area contributed by atoms with Gasteiger partial charge >= 0.3 is 60.2 Å². The van der Waals surface area contributed by atoms with Gasteiger partial charge in [-0.3, -0.25) is 34.5 Å². The van der Waals surface area contributed by atoms with Gasteiger partial charge < -0.3 is 21.2 Å². The molecular weight excluding hydrogens is 1340 g/mol. The van der Waals surface area contributed by atoms with Crippen molar-refractivity contribution in [2.45, 2.75) is 61.4 Å². The van der Waals surface area contributed by atoms with Gasteiger partial charge in [-0.1, -0.05) is 45.9 Å². The second-order valence-electron chi connectivity index (χ2n) is 12.7. The molecule has 0 atom stereocenters. The number of esters is 1. The molecule has 0 aliphatic carbocycles. The number of H-pyrrole nitrogens is 3. The van der Waals surface area contributed by atoms with Crippen molar-refractivity contribution in [3.8, 4) is 0 Å². The number of carbonyl (C=O) groups is 1. The number of aliphatic hydroxyl groups excluding tert-OH is 1. The van der Waals surface area contributed by atoms with Gasteiger partial charge in [-0.2, -0.15) is 52.7 Å². The molecule has 34 heteroatoms. The van der Waals surface area contributed by atoms with Crippen LogP contribution in [0.15, 0.2) is 100 Å². The molecule has 4 N–H and O–H groups in total. The molecule has 13 nitrogen and oxygen atoms in total. The molecule has 6 aromatic heterocycles. The first-order valence-electron chi connectivity index (χ1n) is 18.4. The minimum Gasteiger partial charge on any atom is -1.00 e. The molecule has 0 aromatic carbocycles. The third-order valence-electron chi connectivity index (χ3n) is 7.38. The largest absolute Gasteiger partial charge is 1.00 e. The minimum atomic E-state index is -4.65. The van der Waals surface area contributed by atoms with Crippen LogP contribution in [-0.2, 0) is 47.1 Å². The van der Waals surface area contributed by atoms with Gasteiger partial charge in [0.15, 0.2) is 15.6 Å². The number of hydrogen-bond acceptors (Lipinski definition) is 12. The number of alkyl halides is 13. The number of aromatic amines is 3. The van der Waals surface area contributed by atoms with Crippen LogP contribution in [0.5, 0.6) is 0 Å². The van der Waals surface area contributed by atoms with Gasteiger partial charge in [-0.25, -0.2) is 9.78 Å². The standard InChI is InChI=1S/C12H10F3N3OS.C8H6F3NO2.C7H5BrF3N.C7H6F3NO.C5H6N2OS.B.Br3P.Na.H/c1-7-5-9(19)18-11(17-7)20-6-8-3-2-4-16-10(8)12(13,14)15;1-14-7(13)5-3-2-4-12-6(5)8(9,10)11;8-4-5-2-1-3-12-6(5)7(9,10)11;8-7(9,10)6-5(4-12)2-1-3-11-6;1-3-2-4(8)7-5(9)6-3;;1-4(2)3;;/h2-5H,6H2,1H3,(H,17,18,19);2-4H,1H3;1-3H,4H2;1-3,12H,4H2;2H,1H3,(H2,6,7,8,9);;;;/q;;;;;;;+1;-1. The molecule has 0 spiro atoms. The number of rotatable bonds is 6. The molecule has 6 aromatic rings. The number of aryl methyl sites for hydroxylation is 2. The Morgan fingerprint density at radius 3 is 1.47 bits per heavy atom. The Morgan fingerprint density at radius 1 is 0.699 bits per heavy atom. The van der Waals surface area contributed by atoms with E-state index < -0.39 is 65.6 Å².